The molecule has 1 aromatic carbocycles. The summed E-state index contributed by atoms with van der Waals surface area (Å²) in [5, 5.41) is 3.35. The van der Waals surface area contributed by atoms with E-state index in [0.717, 1.165) is 0 Å². The Morgan fingerprint density at radius 3 is 2.56 bits per heavy atom. The van der Waals surface area contributed by atoms with E-state index in [1.165, 1.54) is 0 Å². The highest BCUT2D eigenvalue weighted by Crippen LogP contribution is 2.29. The average Bonchev–Trinajstić information content (AvgIpc) is 2.24. The number of carbonyl (C=O) groups is 1. The number of amides is 1. The maximum absolute atomic E-state index is 11.4. The smallest absolute Gasteiger partial charge is 0.250 e. The van der Waals surface area contributed by atoms with Crippen LogP contribution in [0.25, 0.3) is 0 Å². The molecule has 4 nitrogen and oxygen atoms in total. The van der Waals surface area contributed by atoms with Crippen molar-refractivity contribution in [3.63, 3.8) is 0 Å². The molecule has 6 heteroatoms. The molecule has 0 spiro atoms. The standard InChI is InChI=1S/C10H12Cl2N2O2/c11-7-2-1-3-8(12)10(7)14-9(15)6-16-5-4-13/h1-3H,4-6,13H2,(H,14,15). The fourth-order valence-electron chi connectivity index (χ4n) is 1.04. The molecule has 0 unspecified atom stereocenters. The zero-order valence-electron chi connectivity index (χ0n) is 8.50. The molecular formula is C10H12Cl2N2O2. The number of benzene rings is 1. The van der Waals surface area contributed by atoms with E-state index in [-0.39, 0.29) is 12.5 Å². The quantitative estimate of drug-likeness (QED) is 0.797. The second kappa shape index (κ2) is 6.70. The molecular weight excluding hydrogens is 251 g/mol. The molecule has 1 amide bonds. The lowest BCUT2D eigenvalue weighted by atomic mass is 10.3. The molecule has 88 valence electrons. The maximum Gasteiger partial charge on any atom is 0.250 e. The van der Waals surface area contributed by atoms with Gasteiger partial charge in [-0.1, -0.05) is 29.3 Å². The number of halogens is 2. The van der Waals surface area contributed by atoms with E-state index in [1.807, 2.05) is 0 Å². The molecule has 3 N–H and O–H groups in total. The third-order valence-corrected chi connectivity index (χ3v) is 2.35. The summed E-state index contributed by atoms with van der Waals surface area (Å²) < 4.78 is 4.97. The summed E-state index contributed by atoms with van der Waals surface area (Å²) in [5.74, 6) is -0.316. The van der Waals surface area contributed by atoms with Crippen LogP contribution in [0, 0.1) is 0 Å². The number of ether oxygens (including phenoxy) is 1. The monoisotopic (exact) mass is 262 g/mol. The summed E-state index contributed by atoms with van der Waals surface area (Å²) in [6.07, 6.45) is 0. The molecule has 0 heterocycles. The van der Waals surface area contributed by atoms with E-state index >= 15 is 0 Å². The van der Waals surface area contributed by atoms with Crippen LogP contribution in [-0.2, 0) is 9.53 Å². The van der Waals surface area contributed by atoms with Gasteiger partial charge in [0.25, 0.3) is 0 Å². The van der Waals surface area contributed by atoms with Gasteiger partial charge in [0.2, 0.25) is 5.91 Å². The Kier molecular flexibility index (Phi) is 5.55. The predicted octanol–water partition coefficient (Wildman–Crippen LogP) is 1.91. The molecule has 0 atom stereocenters. The largest absolute Gasteiger partial charge is 0.370 e. The van der Waals surface area contributed by atoms with Gasteiger partial charge in [-0.15, -0.1) is 0 Å². The van der Waals surface area contributed by atoms with Gasteiger partial charge in [0, 0.05) is 6.54 Å². The number of nitrogens with two attached hydrogens (primary N) is 1. The Bertz CT molecular complexity index is 352. The van der Waals surface area contributed by atoms with Gasteiger partial charge in [0.1, 0.15) is 6.61 Å². The lowest BCUT2D eigenvalue weighted by molar-refractivity contribution is -0.120. The minimum absolute atomic E-state index is 0.0707. The van der Waals surface area contributed by atoms with Gasteiger partial charge in [0.05, 0.1) is 22.3 Å². The van der Waals surface area contributed by atoms with Crippen LogP contribution in [0.15, 0.2) is 18.2 Å². The van der Waals surface area contributed by atoms with Crippen LogP contribution in [0.1, 0.15) is 0 Å². The van der Waals surface area contributed by atoms with Crippen LogP contribution in [0.4, 0.5) is 5.69 Å². The first kappa shape index (κ1) is 13.3. The van der Waals surface area contributed by atoms with Gasteiger partial charge in [0.15, 0.2) is 0 Å². The number of anilines is 1. The molecule has 0 aliphatic heterocycles. The summed E-state index contributed by atoms with van der Waals surface area (Å²) in [6.45, 7) is 0.641. The Morgan fingerprint density at radius 1 is 1.38 bits per heavy atom. The fraction of sp³-hybridized carbons (Fsp3) is 0.300. The van der Waals surface area contributed by atoms with Crippen molar-refractivity contribution in [2.75, 3.05) is 25.1 Å². The second-order valence-corrected chi connectivity index (χ2v) is 3.80. The minimum atomic E-state index is -0.316. The van der Waals surface area contributed by atoms with Crippen molar-refractivity contribution in [2.24, 2.45) is 5.73 Å². The van der Waals surface area contributed by atoms with E-state index < -0.39 is 0 Å². The highest BCUT2D eigenvalue weighted by molar-refractivity contribution is 6.39. The van der Waals surface area contributed by atoms with Crippen LogP contribution in [0.3, 0.4) is 0 Å². The summed E-state index contributed by atoms with van der Waals surface area (Å²) in [7, 11) is 0. The van der Waals surface area contributed by atoms with Gasteiger partial charge < -0.3 is 15.8 Å². The number of hydrogen-bond donors (Lipinski definition) is 2. The molecule has 0 fully saturated rings. The number of carbonyl (C=O) groups excluding carboxylic acids is 1. The van der Waals surface area contributed by atoms with Crippen LogP contribution in [0.2, 0.25) is 10.0 Å². The van der Waals surface area contributed by atoms with Crippen molar-refractivity contribution in [3.8, 4) is 0 Å². The number of nitrogens with one attached hydrogen (secondary N) is 1. The Morgan fingerprint density at radius 2 is 2.00 bits per heavy atom. The normalized spacial score (nSPS) is 10.2. The number of rotatable bonds is 5. The topological polar surface area (TPSA) is 64.3 Å². The van der Waals surface area contributed by atoms with Crippen molar-refractivity contribution in [1.29, 1.82) is 0 Å². The van der Waals surface area contributed by atoms with E-state index in [9.17, 15) is 4.79 Å². The number of para-hydroxylation sites is 1. The summed E-state index contributed by atoms with van der Waals surface area (Å²) in [5.41, 5.74) is 5.61. The molecule has 0 aromatic heterocycles. The van der Waals surface area contributed by atoms with Crippen LogP contribution >= 0.6 is 23.2 Å². The minimum Gasteiger partial charge on any atom is -0.370 e. The van der Waals surface area contributed by atoms with E-state index in [2.05, 4.69) is 5.32 Å². The molecule has 0 bridgehead atoms. The molecule has 0 aliphatic carbocycles. The van der Waals surface area contributed by atoms with Crippen molar-refractivity contribution in [3.05, 3.63) is 28.2 Å². The first-order chi connectivity index (χ1) is 7.65. The molecule has 1 aromatic rings. The molecule has 0 saturated carbocycles. The summed E-state index contributed by atoms with van der Waals surface area (Å²) in [6, 6.07) is 4.98. The highest BCUT2D eigenvalue weighted by Gasteiger charge is 2.09. The van der Waals surface area contributed by atoms with E-state index in [1.54, 1.807) is 18.2 Å². The van der Waals surface area contributed by atoms with Crippen molar-refractivity contribution < 1.29 is 9.53 Å². The van der Waals surface area contributed by atoms with E-state index in [4.69, 9.17) is 33.7 Å². The molecule has 0 radical (unpaired) electrons. The van der Waals surface area contributed by atoms with Crippen LogP contribution < -0.4 is 11.1 Å². The summed E-state index contributed by atoms with van der Waals surface area (Å²) in [4.78, 5) is 11.4. The number of hydrogen-bond acceptors (Lipinski definition) is 3. The lowest BCUT2D eigenvalue weighted by Gasteiger charge is -2.08. The van der Waals surface area contributed by atoms with Gasteiger partial charge >= 0.3 is 0 Å². The summed E-state index contributed by atoms with van der Waals surface area (Å²) >= 11 is 11.7. The predicted molar refractivity (Wildman–Crippen MR) is 65.0 cm³/mol. The first-order valence-electron chi connectivity index (χ1n) is 4.67. The van der Waals surface area contributed by atoms with Crippen LogP contribution in [-0.4, -0.2) is 25.7 Å². The third kappa shape index (κ3) is 3.98. The first-order valence-corrected chi connectivity index (χ1v) is 5.42. The Labute approximate surface area is 104 Å². The molecule has 0 saturated heterocycles. The molecule has 1 rings (SSSR count). The second-order valence-electron chi connectivity index (χ2n) is 2.99. The highest BCUT2D eigenvalue weighted by atomic mass is 35.5. The van der Waals surface area contributed by atoms with Crippen molar-refractivity contribution in [2.45, 2.75) is 0 Å². The maximum atomic E-state index is 11.4. The third-order valence-electron chi connectivity index (χ3n) is 1.72. The van der Waals surface area contributed by atoms with Crippen molar-refractivity contribution in [1.82, 2.24) is 0 Å². The molecule has 0 aliphatic rings. The van der Waals surface area contributed by atoms with Gasteiger partial charge in [-0.05, 0) is 12.1 Å². The average molecular weight is 263 g/mol. The Balaban J connectivity index is 2.56. The Hall–Kier alpha value is -0.810. The van der Waals surface area contributed by atoms with Gasteiger partial charge in [-0.3, -0.25) is 4.79 Å². The van der Waals surface area contributed by atoms with Gasteiger partial charge in [-0.2, -0.15) is 0 Å². The zero-order chi connectivity index (χ0) is 12.0. The molecule has 16 heavy (non-hydrogen) atoms. The SMILES string of the molecule is NCCOCC(=O)Nc1c(Cl)cccc1Cl. The fourth-order valence-corrected chi connectivity index (χ4v) is 1.53. The van der Waals surface area contributed by atoms with Crippen molar-refractivity contribution >= 4 is 34.8 Å². The zero-order valence-corrected chi connectivity index (χ0v) is 10.0. The van der Waals surface area contributed by atoms with Gasteiger partial charge in [-0.25, -0.2) is 0 Å². The lowest BCUT2D eigenvalue weighted by Crippen LogP contribution is -2.21. The van der Waals surface area contributed by atoms with E-state index in [0.29, 0.717) is 28.9 Å². The van der Waals surface area contributed by atoms with Crippen LogP contribution in [0.5, 0.6) is 0 Å².